The summed E-state index contributed by atoms with van der Waals surface area (Å²) < 4.78 is 32.8. The molecule has 0 aliphatic carbocycles. The summed E-state index contributed by atoms with van der Waals surface area (Å²) in [5.74, 6) is -0.651. The zero-order valence-corrected chi connectivity index (χ0v) is 10.6. The lowest BCUT2D eigenvalue weighted by molar-refractivity contribution is 0.476. The predicted molar refractivity (Wildman–Crippen MR) is 73.2 cm³/mol. The maximum atomic E-state index is 13.6. The van der Waals surface area contributed by atoms with Gasteiger partial charge in [0.2, 0.25) is 0 Å². The number of rotatable bonds is 3. The summed E-state index contributed by atoms with van der Waals surface area (Å²) >= 11 is 0. The van der Waals surface area contributed by atoms with E-state index in [9.17, 15) is 8.78 Å². The van der Waals surface area contributed by atoms with E-state index in [0.717, 1.165) is 5.39 Å². The predicted octanol–water partition coefficient (Wildman–Crippen LogP) is 3.95. The Bertz CT molecular complexity index is 698. The van der Waals surface area contributed by atoms with Crippen molar-refractivity contribution in [1.29, 1.82) is 0 Å². The van der Waals surface area contributed by atoms with Crippen LogP contribution < -0.4 is 5.73 Å². The number of benzene rings is 2. The van der Waals surface area contributed by atoms with Gasteiger partial charge in [-0.2, -0.15) is 0 Å². The van der Waals surface area contributed by atoms with E-state index >= 15 is 0 Å². The van der Waals surface area contributed by atoms with Gasteiger partial charge in [0, 0.05) is 17.4 Å². The van der Waals surface area contributed by atoms with E-state index in [-0.39, 0.29) is 12.0 Å². The molecule has 0 fully saturated rings. The van der Waals surface area contributed by atoms with Crippen molar-refractivity contribution >= 4 is 11.0 Å². The largest absolute Gasteiger partial charge is 0.459 e. The van der Waals surface area contributed by atoms with Crippen LogP contribution in [0.1, 0.15) is 17.4 Å². The Labute approximate surface area is 114 Å². The molecule has 2 aromatic carbocycles. The lowest BCUT2D eigenvalue weighted by Crippen LogP contribution is -2.14. The molecular weight excluding hydrogens is 260 g/mol. The average molecular weight is 273 g/mol. The molecule has 0 bridgehead atoms. The average Bonchev–Trinajstić information content (AvgIpc) is 2.87. The van der Waals surface area contributed by atoms with Crippen LogP contribution in [-0.2, 0) is 6.42 Å². The summed E-state index contributed by atoms with van der Waals surface area (Å²) in [6, 6.07) is 12.5. The number of hydrogen-bond donors (Lipinski definition) is 1. The molecule has 0 saturated heterocycles. The third-order valence-corrected chi connectivity index (χ3v) is 3.30. The van der Waals surface area contributed by atoms with E-state index in [1.165, 1.54) is 18.2 Å². The van der Waals surface area contributed by atoms with Crippen LogP contribution in [0.2, 0.25) is 0 Å². The highest BCUT2D eigenvalue weighted by Crippen LogP contribution is 2.26. The second-order valence-electron chi connectivity index (χ2n) is 4.70. The van der Waals surface area contributed by atoms with E-state index in [2.05, 4.69) is 0 Å². The minimum atomic E-state index is -0.589. The van der Waals surface area contributed by atoms with Crippen LogP contribution in [0.3, 0.4) is 0 Å². The van der Waals surface area contributed by atoms with Gasteiger partial charge in [0.25, 0.3) is 0 Å². The highest BCUT2D eigenvalue weighted by molar-refractivity contribution is 5.77. The zero-order chi connectivity index (χ0) is 14.1. The zero-order valence-electron chi connectivity index (χ0n) is 10.6. The van der Waals surface area contributed by atoms with E-state index < -0.39 is 17.7 Å². The van der Waals surface area contributed by atoms with E-state index in [4.69, 9.17) is 10.2 Å². The number of furan rings is 1. The molecule has 0 amide bonds. The minimum absolute atomic E-state index is 0.0135. The third kappa shape index (κ3) is 2.30. The Kier molecular flexibility index (Phi) is 3.24. The number of nitrogens with two attached hydrogens (primary N) is 1. The van der Waals surface area contributed by atoms with Crippen molar-refractivity contribution in [2.24, 2.45) is 5.73 Å². The highest BCUT2D eigenvalue weighted by Gasteiger charge is 2.17. The number of fused-ring (bicyclic) bond motifs is 1. The third-order valence-electron chi connectivity index (χ3n) is 3.30. The molecule has 2 N–H and O–H groups in total. The fourth-order valence-corrected chi connectivity index (χ4v) is 2.23. The van der Waals surface area contributed by atoms with Gasteiger partial charge in [-0.3, -0.25) is 0 Å². The van der Waals surface area contributed by atoms with Gasteiger partial charge in [-0.1, -0.05) is 24.3 Å². The van der Waals surface area contributed by atoms with Crippen molar-refractivity contribution in [1.82, 2.24) is 0 Å². The van der Waals surface area contributed by atoms with Crippen molar-refractivity contribution in [3.8, 4) is 0 Å². The van der Waals surface area contributed by atoms with Crippen LogP contribution >= 0.6 is 0 Å². The molecule has 0 aliphatic heterocycles. The van der Waals surface area contributed by atoms with Gasteiger partial charge in [0.15, 0.2) is 0 Å². The molecule has 0 saturated carbocycles. The molecule has 20 heavy (non-hydrogen) atoms. The van der Waals surface area contributed by atoms with Crippen molar-refractivity contribution in [2.45, 2.75) is 12.5 Å². The molecule has 0 radical (unpaired) electrons. The molecule has 2 nitrogen and oxygen atoms in total. The second kappa shape index (κ2) is 5.06. The van der Waals surface area contributed by atoms with E-state index in [1.807, 2.05) is 24.3 Å². The van der Waals surface area contributed by atoms with Gasteiger partial charge in [-0.15, -0.1) is 0 Å². The molecule has 4 heteroatoms. The maximum absolute atomic E-state index is 13.6. The first-order chi connectivity index (χ1) is 9.65. The van der Waals surface area contributed by atoms with Gasteiger partial charge >= 0.3 is 0 Å². The Morgan fingerprint density at radius 1 is 1.00 bits per heavy atom. The first-order valence-corrected chi connectivity index (χ1v) is 6.32. The van der Waals surface area contributed by atoms with Crippen LogP contribution in [0.15, 0.2) is 52.9 Å². The quantitative estimate of drug-likeness (QED) is 0.784. The molecule has 3 aromatic rings. The molecule has 1 heterocycles. The van der Waals surface area contributed by atoms with Crippen LogP contribution in [0.5, 0.6) is 0 Å². The van der Waals surface area contributed by atoms with Gasteiger partial charge in [-0.05, 0) is 24.3 Å². The summed E-state index contributed by atoms with van der Waals surface area (Å²) in [4.78, 5) is 0. The number of hydrogen-bond acceptors (Lipinski definition) is 2. The standard InChI is InChI=1S/C16H13F2NO/c17-12-5-3-6-13(18)11(12)9-14(19)16-8-10-4-1-2-7-15(10)20-16/h1-8,14H,9,19H2. The summed E-state index contributed by atoms with van der Waals surface area (Å²) in [5, 5.41) is 0.923. The van der Waals surface area contributed by atoms with Crippen molar-refractivity contribution in [3.63, 3.8) is 0 Å². The van der Waals surface area contributed by atoms with Gasteiger partial charge in [0.1, 0.15) is 23.0 Å². The summed E-state index contributed by atoms with van der Waals surface area (Å²) in [7, 11) is 0. The lowest BCUT2D eigenvalue weighted by atomic mass is 10.0. The molecule has 1 aromatic heterocycles. The topological polar surface area (TPSA) is 39.2 Å². The van der Waals surface area contributed by atoms with Crippen LogP contribution in [0, 0.1) is 11.6 Å². The Balaban J connectivity index is 1.91. The number of halogens is 2. The van der Waals surface area contributed by atoms with Crippen LogP contribution in [0.25, 0.3) is 11.0 Å². The normalized spacial score (nSPS) is 12.8. The van der Waals surface area contributed by atoms with Crippen molar-refractivity contribution in [2.75, 3.05) is 0 Å². The van der Waals surface area contributed by atoms with E-state index in [1.54, 1.807) is 6.07 Å². The van der Waals surface area contributed by atoms with E-state index in [0.29, 0.717) is 11.3 Å². The second-order valence-corrected chi connectivity index (χ2v) is 4.70. The first-order valence-electron chi connectivity index (χ1n) is 6.32. The fraction of sp³-hybridized carbons (Fsp3) is 0.125. The van der Waals surface area contributed by atoms with Crippen LogP contribution in [-0.4, -0.2) is 0 Å². The molecule has 3 rings (SSSR count). The SMILES string of the molecule is NC(Cc1c(F)cccc1F)c1cc2ccccc2o1. The van der Waals surface area contributed by atoms with Crippen LogP contribution in [0.4, 0.5) is 8.78 Å². The maximum Gasteiger partial charge on any atom is 0.134 e. The monoisotopic (exact) mass is 273 g/mol. The van der Waals surface area contributed by atoms with Gasteiger partial charge in [-0.25, -0.2) is 8.78 Å². The molecule has 1 unspecified atom stereocenters. The molecular formula is C16H13F2NO. The molecule has 102 valence electrons. The molecule has 0 spiro atoms. The lowest BCUT2D eigenvalue weighted by Gasteiger charge is -2.10. The number of para-hydroxylation sites is 1. The minimum Gasteiger partial charge on any atom is -0.459 e. The molecule has 1 atom stereocenters. The van der Waals surface area contributed by atoms with Gasteiger partial charge in [0.05, 0.1) is 6.04 Å². The highest BCUT2D eigenvalue weighted by atomic mass is 19.1. The first kappa shape index (κ1) is 12.8. The summed E-state index contributed by atoms with van der Waals surface area (Å²) in [6.07, 6.45) is 0.0539. The Morgan fingerprint density at radius 3 is 2.40 bits per heavy atom. The molecule has 0 aliphatic rings. The van der Waals surface area contributed by atoms with Gasteiger partial charge < -0.3 is 10.2 Å². The smallest absolute Gasteiger partial charge is 0.134 e. The Morgan fingerprint density at radius 2 is 1.70 bits per heavy atom. The fourth-order valence-electron chi connectivity index (χ4n) is 2.23. The Hall–Kier alpha value is -2.20. The van der Waals surface area contributed by atoms with Crippen molar-refractivity contribution < 1.29 is 13.2 Å². The summed E-state index contributed by atoms with van der Waals surface area (Å²) in [6.45, 7) is 0. The summed E-state index contributed by atoms with van der Waals surface area (Å²) in [5.41, 5.74) is 6.70. The van der Waals surface area contributed by atoms with Crippen molar-refractivity contribution in [3.05, 3.63) is 71.5 Å².